The maximum Gasteiger partial charge on any atom is 0.265 e. The number of fused-ring (bicyclic) bond motifs is 1. The van der Waals surface area contributed by atoms with Gasteiger partial charge in [-0.3, -0.25) is 15.3 Å². The van der Waals surface area contributed by atoms with Crippen LogP contribution in [0.2, 0.25) is 5.02 Å². The van der Waals surface area contributed by atoms with E-state index in [0.717, 1.165) is 5.56 Å². The highest BCUT2D eigenvalue weighted by atomic mass is 35.5. The number of imidazole rings is 1. The minimum absolute atomic E-state index is 0.0828. The van der Waals surface area contributed by atoms with Crippen molar-refractivity contribution in [1.29, 1.82) is 0 Å². The van der Waals surface area contributed by atoms with Gasteiger partial charge in [-0.1, -0.05) is 11.6 Å². The molecule has 1 atom stereocenters. The zero-order valence-corrected chi connectivity index (χ0v) is 15.2. The van der Waals surface area contributed by atoms with Crippen LogP contribution < -0.4 is 10.7 Å². The molecule has 0 amide bonds. The molecule has 0 spiro atoms. The van der Waals surface area contributed by atoms with E-state index in [1.54, 1.807) is 26.9 Å². The molecule has 9 heteroatoms. The zero-order chi connectivity index (χ0) is 18.5. The summed E-state index contributed by atoms with van der Waals surface area (Å²) < 4.78 is 30.0. The molecule has 0 aliphatic carbocycles. The lowest BCUT2D eigenvalue weighted by Gasteiger charge is -2.38. The summed E-state index contributed by atoms with van der Waals surface area (Å²) in [6, 6.07) is 1.67. The lowest BCUT2D eigenvalue weighted by molar-refractivity contribution is -0.0123. The Kier molecular flexibility index (Phi) is 4.29. The van der Waals surface area contributed by atoms with Crippen molar-refractivity contribution in [3.63, 3.8) is 0 Å². The molecule has 2 aromatic heterocycles. The number of nitrogens with two attached hydrogens (primary N) is 1. The Labute approximate surface area is 155 Å². The second-order valence-electron chi connectivity index (χ2n) is 6.86. The van der Waals surface area contributed by atoms with E-state index in [9.17, 15) is 8.78 Å². The van der Waals surface area contributed by atoms with Gasteiger partial charge >= 0.3 is 0 Å². The number of alkyl halides is 2. The summed E-state index contributed by atoms with van der Waals surface area (Å²) in [7, 11) is 0. The Balaban J connectivity index is 1.85. The van der Waals surface area contributed by atoms with E-state index in [-0.39, 0.29) is 19.0 Å². The number of hydrogen-bond acceptors (Lipinski definition) is 5. The van der Waals surface area contributed by atoms with Crippen molar-refractivity contribution in [2.45, 2.75) is 31.7 Å². The van der Waals surface area contributed by atoms with E-state index in [0.29, 0.717) is 35.9 Å². The molecular formula is C17H21ClF2N6. The van der Waals surface area contributed by atoms with Crippen LogP contribution in [-0.4, -0.2) is 45.1 Å². The molecule has 2 aliphatic heterocycles. The average Bonchev–Trinajstić information content (AvgIpc) is 3.22. The van der Waals surface area contributed by atoms with Crippen LogP contribution in [-0.2, 0) is 0 Å². The molecule has 4 rings (SSSR count). The van der Waals surface area contributed by atoms with E-state index in [2.05, 4.69) is 4.98 Å². The molecule has 1 saturated heterocycles. The topological polar surface area (TPSA) is 53.0 Å². The van der Waals surface area contributed by atoms with Crippen LogP contribution in [0.25, 0.3) is 5.52 Å². The molecule has 0 saturated carbocycles. The molecule has 2 aromatic rings. The van der Waals surface area contributed by atoms with Crippen molar-refractivity contribution in [3.05, 3.63) is 41.5 Å². The Morgan fingerprint density at radius 3 is 2.88 bits per heavy atom. The number of pyridine rings is 1. The van der Waals surface area contributed by atoms with Crippen LogP contribution >= 0.6 is 11.6 Å². The normalized spacial score (nSPS) is 21.7. The second kappa shape index (κ2) is 6.37. The van der Waals surface area contributed by atoms with Crippen LogP contribution in [0.4, 0.5) is 14.6 Å². The van der Waals surface area contributed by atoms with Crippen LogP contribution in [0.1, 0.15) is 31.4 Å². The molecule has 0 aromatic carbocycles. The second-order valence-corrected chi connectivity index (χ2v) is 7.27. The van der Waals surface area contributed by atoms with Crippen LogP contribution in [0, 0.1) is 0 Å². The van der Waals surface area contributed by atoms with E-state index >= 15 is 0 Å². The van der Waals surface area contributed by atoms with Gasteiger partial charge < -0.3 is 4.90 Å². The van der Waals surface area contributed by atoms with E-state index in [4.69, 9.17) is 17.4 Å². The Hall–Kier alpha value is -1.90. The Morgan fingerprint density at radius 1 is 1.38 bits per heavy atom. The van der Waals surface area contributed by atoms with Gasteiger partial charge in [0.2, 0.25) is 0 Å². The molecule has 26 heavy (non-hydrogen) atoms. The molecule has 0 radical (unpaired) electrons. The highest BCUT2D eigenvalue weighted by Crippen LogP contribution is 2.38. The molecule has 0 bridgehead atoms. The van der Waals surface area contributed by atoms with Crippen LogP contribution in [0.5, 0.6) is 0 Å². The summed E-state index contributed by atoms with van der Waals surface area (Å²) in [4.78, 5) is 5.91. The highest BCUT2D eigenvalue weighted by molar-refractivity contribution is 6.34. The Bertz CT molecular complexity index is 851. The third-order valence-electron chi connectivity index (χ3n) is 5.04. The van der Waals surface area contributed by atoms with E-state index in [1.165, 1.54) is 0 Å². The zero-order valence-electron chi connectivity index (χ0n) is 14.4. The summed E-state index contributed by atoms with van der Waals surface area (Å²) in [6.07, 6.45) is 7.47. The van der Waals surface area contributed by atoms with Gasteiger partial charge in [-0.05, 0) is 25.5 Å². The fourth-order valence-corrected chi connectivity index (χ4v) is 4.04. The van der Waals surface area contributed by atoms with Gasteiger partial charge in [-0.2, -0.15) is 5.12 Å². The van der Waals surface area contributed by atoms with Crippen molar-refractivity contribution >= 4 is 22.9 Å². The number of aromatic nitrogens is 2. The molecule has 140 valence electrons. The highest BCUT2D eigenvalue weighted by Gasteiger charge is 2.37. The summed E-state index contributed by atoms with van der Waals surface area (Å²) in [6.45, 7) is 2.83. The summed E-state index contributed by atoms with van der Waals surface area (Å²) in [5.74, 6) is 4.02. The van der Waals surface area contributed by atoms with Gasteiger partial charge in [0, 0.05) is 24.7 Å². The van der Waals surface area contributed by atoms with Gasteiger partial charge in [-0.15, -0.1) is 0 Å². The number of piperidine rings is 1. The lowest BCUT2D eigenvalue weighted by atomic mass is 10.0. The number of hydrazine groups is 2. The van der Waals surface area contributed by atoms with Crippen LogP contribution in [0.15, 0.2) is 30.9 Å². The summed E-state index contributed by atoms with van der Waals surface area (Å²) in [5.41, 5.74) is 1.54. The predicted octanol–water partition coefficient (Wildman–Crippen LogP) is 3.20. The first-order chi connectivity index (χ1) is 12.4. The maximum absolute atomic E-state index is 14.1. The number of halogens is 3. The molecule has 6 nitrogen and oxygen atoms in total. The van der Waals surface area contributed by atoms with E-state index < -0.39 is 5.92 Å². The first kappa shape index (κ1) is 17.5. The number of hydrogen-bond donors (Lipinski definition) is 1. The van der Waals surface area contributed by atoms with Crippen LogP contribution in [0.3, 0.4) is 0 Å². The molecule has 2 N–H and O–H groups in total. The largest absolute Gasteiger partial charge is 0.351 e. The van der Waals surface area contributed by atoms with Gasteiger partial charge in [-0.25, -0.2) is 13.8 Å². The molecular weight excluding hydrogens is 362 g/mol. The van der Waals surface area contributed by atoms with Crippen molar-refractivity contribution in [3.8, 4) is 0 Å². The first-order valence-corrected chi connectivity index (χ1v) is 8.99. The fraction of sp³-hybridized carbons (Fsp3) is 0.471. The monoisotopic (exact) mass is 382 g/mol. The van der Waals surface area contributed by atoms with E-state index in [1.807, 2.05) is 30.3 Å². The first-order valence-electron chi connectivity index (χ1n) is 8.62. The van der Waals surface area contributed by atoms with Crippen molar-refractivity contribution in [2.75, 3.05) is 24.5 Å². The van der Waals surface area contributed by atoms with Crippen molar-refractivity contribution < 1.29 is 8.78 Å². The minimum atomic E-state index is -2.71. The minimum Gasteiger partial charge on any atom is -0.351 e. The standard InChI is InChI=1S/C17H21ClF2N6/c1-12(25-6-3-7-26(25)21)13-8-14(18)15-9-22-11-24(15)16(13)23-5-2-4-17(19,20)10-23/h3,6,8-9,11-12H,2,4-5,7,10,21H2,1H3. The van der Waals surface area contributed by atoms with Gasteiger partial charge in [0.1, 0.15) is 12.1 Å². The third-order valence-corrected chi connectivity index (χ3v) is 5.34. The Morgan fingerprint density at radius 2 is 2.19 bits per heavy atom. The van der Waals surface area contributed by atoms with Crippen molar-refractivity contribution in [1.82, 2.24) is 19.5 Å². The molecule has 2 aliphatic rings. The van der Waals surface area contributed by atoms with Gasteiger partial charge in [0.25, 0.3) is 5.92 Å². The smallest absolute Gasteiger partial charge is 0.265 e. The number of nitrogens with zero attached hydrogens (tertiary/aromatic N) is 5. The maximum atomic E-state index is 14.1. The summed E-state index contributed by atoms with van der Waals surface area (Å²) >= 11 is 6.45. The molecule has 4 heterocycles. The lowest BCUT2D eigenvalue weighted by Crippen LogP contribution is -2.45. The number of rotatable bonds is 3. The van der Waals surface area contributed by atoms with Crippen molar-refractivity contribution in [2.24, 2.45) is 5.84 Å². The third kappa shape index (κ3) is 2.91. The quantitative estimate of drug-likeness (QED) is 0.826. The van der Waals surface area contributed by atoms with Gasteiger partial charge in [0.15, 0.2) is 0 Å². The molecule has 1 unspecified atom stereocenters. The number of anilines is 1. The molecule has 1 fully saturated rings. The predicted molar refractivity (Wildman–Crippen MR) is 96.9 cm³/mol. The fourth-order valence-electron chi connectivity index (χ4n) is 3.78. The average molecular weight is 383 g/mol. The van der Waals surface area contributed by atoms with Gasteiger partial charge in [0.05, 0.1) is 35.9 Å². The SMILES string of the molecule is CC(c1cc(Cl)c2cncn2c1N1CCCC(F)(F)C1)N1C=CCN1N. The summed E-state index contributed by atoms with van der Waals surface area (Å²) in [5, 5.41) is 3.99.